The molecule has 1 N–H and O–H groups in total. The van der Waals surface area contributed by atoms with E-state index in [-0.39, 0.29) is 18.0 Å². The largest absolute Gasteiger partial charge is 0.324 e. The van der Waals surface area contributed by atoms with Crippen LogP contribution in [-0.4, -0.2) is 15.7 Å². The van der Waals surface area contributed by atoms with E-state index in [1.165, 1.54) is 4.68 Å². The number of thiophene rings is 1. The lowest BCUT2D eigenvalue weighted by molar-refractivity contribution is -0.117. The van der Waals surface area contributed by atoms with Gasteiger partial charge in [0.25, 0.3) is 5.56 Å². The van der Waals surface area contributed by atoms with Crippen molar-refractivity contribution in [3.63, 3.8) is 0 Å². The number of carbonyl (C=O) groups is 1. The summed E-state index contributed by atoms with van der Waals surface area (Å²) in [6.45, 7) is 1.84. The zero-order valence-corrected chi connectivity index (χ0v) is 15.5. The van der Waals surface area contributed by atoms with E-state index in [4.69, 9.17) is 0 Å². The van der Waals surface area contributed by atoms with Gasteiger partial charge in [0.05, 0.1) is 10.3 Å². The van der Waals surface area contributed by atoms with Gasteiger partial charge in [0.2, 0.25) is 5.91 Å². The molecule has 0 unspecified atom stereocenters. The molecule has 0 saturated heterocycles. The van der Waals surface area contributed by atoms with Crippen molar-refractivity contribution in [2.75, 3.05) is 5.32 Å². The van der Waals surface area contributed by atoms with Crippen LogP contribution >= 0.6 is 11.3 Å². The summed E-state index contributed by atoms with van der Waals surface area (Å²) in [5, 5.41) is 10.6. The third-order valence-corrected chi connectivity index (χ3v) is 5.13. The van der Waals surface area contributed by atoms with Crippen molar-refractivity contribution in [1.82, 2.24) is 9.78 Å². The van der Waals surface area contributed by atoms with Crippen LogP contribution in [0.2, 0.25) is 0 Å². The zero-order chi connectivity index (χ0) is 18.8. The first-order valence-corrected chi connectivity index (χ1v) is 9.40. The van der Waals surface area contributed by atoms with Gasteiger partial charge < -0.3 is 5.32 Å². The van der Waals surface area contributed by atoms with Crippen LogP contribution in [-0.2, 0) is 11.3 Å². The lowest BCUT2D eigenvalue weighted by atomic mass is 10.1. The maximum absolute atomic E-state index is 12.8. The highest BCUT2D eigenvalue weighted by atomic mass is 32.1. The van der Waals surface area contributed by atoms with Crippen LogP contribution in [0.3, 0.4) is 0 Å². The molecular weight excluding hydrogens is 358 g/mol. The zero-order valence-electron chi connectivity index (χ0n) is 14.7. The summed E-state index contributed by atoms with van der Waals surface area (Å²) in [7, 11) is 0. The molecule has 27 heavy (non-hydrogen) atoms. The number of aromatic nitrogens is 2. The monoisotopic (exact) mass is 375 g/mol. The quantitative estimate of drug-likeness (QED) is 0.585. The third-order valence-electron chi connectivity index (χ3n) is 4.25. The Morgan fingerprint density at radius 1 is 1.04 bits per heavy atom. The van der Waals surface area contributed by atoms with Gasteiger partial charge in [-0.05, 0) is 36.6 Å². The average molecular weight is 375 g/mol. The molecule has 0 aliphatic carbocycles. The first-order chi connectivity index (χ1) is 13.1. The molecule has 2 aromatic carbocycles. The molecule has 1 amide bonds. The molecule has 6 heteroatoms. The normalized spacial score (nSPS) is 10.9. The summed E-state index contributed by atoms with van der Waals surface area (Å²) in [5.74, 6) is -0.291. The van der Waals surface area contributed by atoms with Gasteiger partial charge in [0, 0.05) is 11.1 Å². The number of benzene rings is 2. The molecule has 2 aromatic heterocycles. The van der Waals surface area contributed by atoms with E-state index in [9.17, 15) is 9.59 Å². The highest BCUT2D eigenvalue weighted by Gasteiger charge is 2.14. The number of nitrogens with zero attached hydrogens (tertiary/aromatic N) is 2. The van der Waals surface area contributed by atoms with Crippen LogP contribution in [0.25, 0.3) is 21.3 Å². The highest BCUT2D eigenvalue weighted by Crippen LogP contribution is 2.28. The fourth-order valence-electron chi connectivity index (χ4n) is 2.91. The molecular formula is C21H17N3O2S. The number of fused-ring (bicyclic) bond motifs is 1. The SMILES string of the molecule is Cc1ccc(NC(=O)Cn2nc(-c3cccs3)c3ccccc3c2=O)cc1. The van der Waals surface area contributed by atoms with Crippen LogP contribution in [0.1, 0.15) is 5.56 Å². The Hall–Kier alpha value is -3.25. The Kier molecular flexibility index (Phi) is 4.56. The molecule has 0 aliphatic heterocycles. The second-order valence-corrected chi connectivity index (χ2v) is 7.20. The number of anilines is 1. The number of rotatable bonds is 4. The number of aryl methyl sites for hydroxylation is 1. The van der Waals surface area contributed by atoms with Gasteiger partial charge >= 0.3 is 0 Å². The van der Waals surface area contributed by atoms with Gasteiger partial charge in [-0.1, -0.05) is 42.0 Å². The lowest BCUT2D eigenvalue weighted by Gasteiger charge is -2.11. The Morgan fingerprint density at radius 2 is 1.78 bits per heavy atom. The molecule has 0 bridgehead atoms. The minimum Gasteiger partial charge on any atom is -0.324 e. The van der Waals surface area contributed by atoms with Crippen molar-refractivity contribution in [1.29, 1.82) is 0 Å². The number of nitrogens with one attached hydrogen (secondary N) is 1. The van der Waals surface area contributed by atoms with Gasteiger partial charge in [-0.2, -0.15) is 5.10 Å². The molecule has 0 saturated carbocycles. The van der Waals surface area contributed by atoms with Gasteiger partial charge in [-0.25, -0.2) is 4.68 Å². The van der Waals surface area contributed by atoms with Crippen molar-refractivity contribution < 1.29 is 4.79 Å². The smallest absolute Gasteiger partial charge is 0.275 e. The number of carbonyl (C=O) groups excluding carboxylic acids is 1. The molecule has 0 spiro atoms. The van der Waals surface area contributed by atoms with Gasteiger partial charge in [-0.15, -0.1) is 11.3 Å². The van der Waals surface area contributed by atoms with Crippen LogP contribution < -0.4 is 10.9 Å². The Morgan fingerprint density at radius 3 is 2.48 bits per heavy atom. The van der Waals surface area contributed by atoms with Gasteiger partial charge in [0.15, 0.2) is 0 Å². The standard InChI is InChI=1S/C21H17N3O2S/c1-14-8-10-15(11-9-14)22-19(25)13-24-21(26)17-6-3-2-5-16(17)20(23-24)18-7-4-12-27-18/h2-12H,13H2,1H3,(H,22,25). The maximum atomic E-state index is 12.8. The fourth-order valence-corrected chi connectivity index (χ4v) is 3.63. The van der Waals surface area contributed by atoms with E-state index in [1.54, 1.807) is 17.4 Å². The van der Waals surface area contributed by atoms with E-state index < -0.39 is 0 Å². The fraction of sp³-hybridized carbons (Fsp3) is 0.0952. The van der Waals surface area contributed by atoms with E-state index in [0.717, 1.165) is 15.8 Å². The van der Waals surface area contributed by atoms with Gasteiger partial charge in [-0.3, -0.25) is 9.59 Å². The topological polar surface area (TPSA) is 64.0 Å². The summed E-state index contributed by atoms with van der Waals surface area (Å²) in [6, 6.07) is 18.8. The lowest BCUT2D eigenvalue weighted by Crippen LogP contribution is -2.30. The molecule has 0 fully saturated rings. The third kappa shape index (κ3) is 3.52. The van der Waals surface area contributed by atoms with Crippen LogP contribution in [0.15, 0.2) is 70.8 Å². The molecule has 0 atom stereocenters. The van der Waals surface area contributed by atoms with Crippen LogP contribution in [0.4, 0.5) is 5.69 Å². The van der Waals surface area contributed by atoms with Gasteiger partial charge in [0.1, 0.15) is 12.2 Å². The van der Waals surface area contributed by atoms with E-state index in [2.05, 4.69) is 10.4 Å². The van der Waals surface area contributed by atoms with Crippen molar-refractivity contribution in [2.24, 2.45) is 0 Å². The summed E-state index contributed by atoms with van der Waals surface area (Å²) in [6.07, 6.45) is 0. The molecule has 134 valence electrons. The average Bonchev–Trinajstić information content (AvgIpc) is 3.20. The highest BCUT2D eigenvalue weighted by molar-refractivity contribution is 7.13. The number of hydrogen-bond acceptors (Lipinski definition) is 4. The number of amides is 1. The van der Waals surface area contributed by atoms with Crippen molar-refractivity contribution in [3.8, 4) is 10.6 Å². The molecule has 4 aromatic rings. The number of hydrogen-bond donors (Lipinski definition) is 1. The molecule has 0 aliphatic rings. The summed E-state index contributed by atoms with van der Waals surface area (Å²) < 4.78 is 1.24. The van der Waals surface area contributed by atoms with Crippen LogP contribution in [0.5, 0.6) is 0 Å². The van der Waals surface area contributed by atoms with E-state index >= 15 is 0 Å². The van der Waals surface area contributed by atoms with Crippen molar-refractivity contribution in [2.45, 2.75) is 13.5 Å². The molecule has 5 nitrogen and oxygen atoms in total. The predicted octanol–water partition coefficient (Wildman–Crippen LogP) is 4.07. The minimum atomic E-state index is -0.291. The van der Waals surface area contributed by atoms with E-state index in [0.29, 0.717) is 16.8 Å². The van der Waals surface area contributed by atoms with Crippen LogP contribution in [0, 0.1) is 6.92 Å². The first-order valence-electron chi connectivity index (χ1n) is 8.52. The summed E-state index contributed by atoms with van der Waals surface area (Å²) in [5.41, 5.74) is 2.24. The summed E-state index contributed by atoms with van der Waals surface area (Å²) in [4.78, 5) is 26.2. The minimum absolute atomic E-state index is 0.143. The van der Waals surface area contributed by atoms with E-state index in [1.807, 2.05) is 66.9 Å². The molecule has 2 heterocycles. The Balaban J connectivity index is 1.71. The Bertz CT molecular complexity index is 1160. The first kappa shape index (κ1) is 17.2. The summed E-state index contributed by atoms with van der Waals surface area (Å²) >= 11 is 1.55. The second kappa shape index (κ2) is 7.17. The Labute approximate surface area is 159 Å². The maximum Gasteiger partial charge on any atom is 0.275 e. The predicted molar refractivity (Wildman–Crippen MR) is 109 cm³/mol. The second-order valence-electron chi connectivity index (χ2n) is 6.25. The van der Waals surface area contributed by atoms with Crippen molar-refractivity contribution in [3.05, 3.63) is 82.0 Å². The molecule has 0 radical (unpaired) electrons. The molecule has 4 rings (SSSR count). The van der Waals surface area contributed by atoms with Crippen molar-refractivity contribution >= 4 is 33.7 Å².